The van der Waals surface area contributed by atoms with Gasteiger partial charge < -0.3 is 9.47 Å². The monoisotopic (exact) mass is 317 g/mol. The van der Waals surface area contributed by atoms with Crippen LogP contribution >= 0.6 is 11.6 Å². The van der Waals surface area contributed by atoms with Crippen LogP contribution in [0.2, 0.25) is 5.02 Å². The molecule has 1 fully saturated rings. The third kappa shape index (κ3) is 3.20. The van der Waals surface area contributed by atoms with Crippen molar-refractivity contribution in [3.8, 4) is 0 Å². The first kappa shape index (κ1) is 15.4. The van der Waals surface area contributed by atoms with Crippen molar-refractivity contribution in [3.05, 3.63) is 34.3 Å². The quantitative estimate of drug-likeness (QED) is 0.609. The van der Waals surface area contributed by atoms with Crippen LogP contribution in [0.4, 0.5) is 0 Å². The summed E-state index contributed by atoms with van der Waals surface area (Å²) >= 11 is 5.82. The van der Waals surface area contributed by atoms with Crippen LogP contribution in [-0.2, 0) is 38.1 Å². The van der Waals surface area contributed by atoms with Crippen molar-refractivity contribution in [1.29, 1.82) is 0 Å². The summed E-state index contributed by atoms with van der Waals surface area (Å²) in [5, 5.41) is 0.545. The Kier molecular flexibility index (Phi) is 5.15. The van der Waals surface area contributed by atoms with Gasteiger partial charge in [-0.3, -0.25) is 4.79 Å². The van der Waals surface area contributed by atoms with E-state index in [-0.39, 0.29) is 24.2 Å². The minimum atomic E-state index is -0.532. The minimum Gasteiger partial charge on any atom is -0.466 e. The maximum atomic E-state index is 11.7. The van der Waals surface area contributed by atoms with E-state index in [1.165, 1.54) is 0 Å². The molecule has 7 heteroatoms. The molecule has 1 aliphatic rings. The molecule has 0 spiro atoms. The highest BCUT2D eigenvalue weighted by molar-refractivity contribution is 7.63. The van der Waals surface area contributed by atoms with Crippen LogP contribution in [0.3, 0.4) is 0 Å². The van der Waals surface area contributed by atoms with Crippen molar-refractivity contribution in [2.75, 3.05) is 19.8 Å². The number of carbonyl (C=O) groups excluding carboxylic acids is 1. The average molecular weight is 318 g/mol. The van der Waals surface area contributed by atoms with Crippen LogP contribution in [0.15, 0.2) is 18.2 Å². The van der Waals surface area contributed by atoms with E-state index in [1.807, 2.05) is 6.07 Å². The zero-order valence-electron chi connectivity index (χ0n) is 11.0. The molecule has 1 aromatic carbocycles. The van der Waals surface area contributed by atoms with Crippen LogP contribution in [0.5, 0.6) is 0 Å². The molecule has 1 saturated heterocycles. The van der Waals surface area contributed by atoms with Crippen LogP contribution < -0.4 is 4.72 Å². The summed E-state index contributed by atoms with van der Waals surface area (Å²) in [6.45, 7) is 2.90. The third-order valence-electron chi connectivity index (χ3n) is 3.18. The summed E-state index contributed by atoms with van der Waals surface area (Å²) in [5.74, 6) is -0.314. The van der Waals surface area contributed by atoms with Crippen molar-refractivity contribution in [2.24, 2.45) is 0 Å². The molecule has 5 nitrogen and oxygen atoms in total. The van der Waals surface area contributed by atoms with E-state index in [2.05, 4.69) is 4.72 Å². The Morgan fingerprint density at radius 2 is 2.30 bits per heavy atom. The number of benzene rings is 1. The molecular weight excluding hydrogens is 302 g/mol. The second kappa shape index (κ2) is 6.67. The number of carbonyl (C=O) groups is 1. The van der Waals surface area contributed by atoms with E-state index in [1.54, 1.807) is 19.1 Å². The molecule has 2 rings (SSSR count). The molecule has 1 heterocycles. The van der Waals surface area contributed by atoms with Crippen molar-refractivity contribution in [1.82, 2.24) is 4.72 Å². The van der Waals surface area contributed by atoms with Crippen molar-refractivity contribution < 1.29 is 18.5 Å². The van der Waals surface area contributed by atoms with E-state index in [0.29, 0.717) is 24.8 Å². The molecule has 0 bridgehead atoms. The van der Waals surface area contributed by atoms with Crippen molar-refractivity contribution in [2.45, 2.75) is 18.9 Å². The summed E-state index contributed by atoms with van der Waals surface area (Å²) in [7, 11) is 0. The zero-order valence-corrected chi connectivity index (χ0v) is 12.7. The van der Waals surface area contributed by atoms with Gasteiger partial charge in [0.25, 0.3) is 0 Å². The highest BCUT2D eigenvalue weighted by Crippen LogP contribution is 2.33. The van der Waals surface area contributed by atoms with E-state index in [4.69, 9.17) is 21.1 Å². The molecule has 0 saturated carbocycles. The number of halogens is 1. The summed E-state index contributed by atoms with van der Waals surface area (Å²) in [6, 6.07) is 5.31. The fourth-order valence-electron chi connectivity index (χ4n) is 2.22. The largest absolute Gasteiger partial charge is 0.466 e. The van der Waals surface area contributed by atoms with Gasteiger partial charge in [0.2, 0.25) is 0 Å². The molecule has 0 atom stereocenters. The number of esters is 1. The maximum absolute atomic E-state index is 11.7. The number of hydrogen-bond donors (Lipinski definition) is 2. The fourth-order valence-corrected chi connectivity index (χ4v) is 2.84. The van der Waals surface area contributed by atoms with Gasteiger partial charge in [0, 0.05) is 5.02 Å². The summed E-state index contributed by atoms with van der Waals surface area (Å²) in [6.07, 6.45) is 0.128. The number of ether oxygens (including phenoxy) is 2. The van der Waals surface area contributed by atoms with Crippen molar-refractivity contribution >= 4 is 29.4 Å². The van der Waals surface area contributed by atoms with Gasteiger partial charge in [0.15, 0.2) is 0 Å². The first-order valence-corrected chi connectivity index (χ1v) is 7.42. The highest BCUT2D eigenvalue weighted by Gasteiger charge is 2.41. The maximum Gasteiger partial charge on any atom is 0.310 e. The molecule has 110 valence electrons. The SMILES string of the molecule is CCOC(=O)Cc1cc(Cl)ccc1C1(N[SH]=O)COC1. The lowest BCUT2D eigenvalue weighted by molar-refractivity contribution is -0.142. The fraction of sp³-hybridized carbons (Fsp3) is 0.462. The van der Waals surface area contributed by atoms with Gasteiger partial charge >= 0.3 is 5.97 Å². The second-order valence-electron chi connectivity index (χ2n) is 4.56. The summed E-state index contributed by atoms with van der Waals surface area (Å²) < 4.78 is 24.0. The zero-order chi connectivity index (χ0) is 14.6. The topological polar surface area (TPSA) is 64.6 Å². The van der Waals surface area contributed by atoms with E-state index < -0.39 is 5.54 Å². The Morgan fingerprint density at radius 1 is 1.55 bits per heavy atom. The van der Waals surface area contributed by atoms with Crippen LogP contribution in [-0.4, -0.2) is 30.0 Å². The summed E-state index contributed by atoms with van der Waals surface area (Å²) in [4.78, 5) is 11.7. The Hall–Kier alpha value is -0.950. The first-order chi connectivity index (χ1) is 9.61. The first-order valence-electron chi connectivity index (χ1n) is 6.23. The number of hydrogen-bond acceptors (Lipinski definition) is 4. The Bertz CT molecular complexity index is 519. The number of rotatable bonds is 6. The molecule has 0 amide bonds. The minimum absolute atomic E-state index is 0.128. The molecule has 1 aromatic rings. The predicted molar refractivity (Wildman–Crippen MR) is 77.0 cm³/mol. The van der Waals surface area contributed by atoms with Gasteiger partial charge in [-0.2, -0.15) is 0 Å². The summed E-state index contributed by atoms with van der Waals surface area (Å²) in [5.41, 5.74) is 1.09. The number of thiol groups is 1. The Morgan fingerprint density at radius 3 is 2.85 bits per heavy atom. The van der Waals surface area contributed by atoms with Gasteiger partial charge in [-0.15, -0.1) is 0 Å². The molecule has 1 aliphatic heterocycles. The molecule has 0 unspecified atom stereocenters. The molecule has 0 aliphatic carbocycles. The standard InChI is InChI=1S/C13H16ClNO4S/c1-2-19-12(16)6-9-5-10(14)3-4-11(9)13(15-20-17)7-18-8-13/h3-5,20H,2,6-8H2,1H3,(H,15,17). The number of nitrogens with one attached hydrogen (secondary N) is 1. The van der Waals surface area contributed by atoms with Gasteiger partial charge in [0.05, 0.1) is 38.1 Å². The molecular formula is C13H16ClNO4S. The Balaban J connectivity index is 2.32. The van der Waals surface area contributed by atoms with Gasteiger partial charge in [-0.05, 0) is 30.2 Å². The lowest BCUT2D eigenvalue weighted by Gasteiger charge is -2.41. The molecule has 0 aromatic heterocycles. The van der Waals surface area contributed by atoms with E-state index in [0.717, 1.165) is 11.1 Å². The van der Waals surface area contributed by atoms with E-state index >= 15 is 0 Å². The van der Waals surface area contributed by atoms with Crippen LogP contribution in [0.25, 0.3) is 0 Å². The van der Waals surface area contributed by atoms with E-state index in [9.17, 15) is 9.00 Å². The van der Waals surface area contributed by atoms with Crippen LogP contribution in [0.1, 0.15) is 18.1 Å². The normalized spacial score (nSPS) is 16.5. The molecule has 20 heavy (non-hydrogen) atoms. The van der Waals surface area contributed by atoms with Crippen molar-refractivity contribution in [3.63, 3.8) is 0 Å². The van der Waals surface area contributed by atoms with Crippen LogP contribution in [0, 0.1) is 0 Å². The van der Waals surface area contributed by atoms with Gasteiger partial charge in [-0.1, -0.05) is 17.7 Å². The second-order valence-corrected chi connectivity index (χ2v) is 5.40. The smallest absolute Gasteiger partial charge is 0.310 e. The van der Waals surface area contributed by atoms with Gasteiger partial charge in [0.1, 0.15) is 5.54 Å². The predicted octanol–water partition coefficient (Wildman–Crippen LogP) is 1.12. The highest BCUT2D eigenvalue weighted by atomic mass is 35.5. The third-order valence-corrected chi connectivity index (χ3v) is 3.93. The lowest BCUT2D eigenvalue weighted by atomic mass is 9.85. The Labute approximate surface area is 126 Å². The molecule has 1 N–H and O–H groups in total. The molecule has 0 radical (unpaired) electrons. The average Bonchev–Trinajstić information content (AvgIpc) is 2.35. The van der Waals surface area contributed by atoms with Gasteiger partial charge in [-0.25, -0.2) is 8.93 Å². The lowest BCUT2D eigenvalue weighted by Crippen LogP contribution is -2.56.